The maximum absolute atomic E-state index is 12.8. The van der Waals surface area contributed by atoms with E-state index in [1.807, 2.05) is 0 Å². The van der Waals surface area contributed by atoms with Gasteiger partial charge in [0.2, 0.25) is 5.91 Å². The summed E-state index contributed by atoms with van der Waals surface area (Å²) in [6, 6.07) is 3.44. The Morgan fingerprint density at radius 1 is 1.38 bits per heavy atom. The highest BCUT2D eigenvalue weighted by Gasteiger charge is 2.06. The number of hydrogen-bond acceptors (Lipinski definition) is 1. The van der Waals surface area contributed by atoms with Crippen molar-refractivity contribution in [1.29, 1.82) is 0 Å². The van der Waals surface area contributed by atoms with Gasteiger partial charge in [-0.05, 0) is 24.1 Å². The van der Waals surface area contributed by atoms with E-state index in [1.54, 1.807) is 6.08 Å². The summed E-state index contributed by atoms with van der Waals surface area (Å²) in [5.74, 6) is -2.06. The van der Waals surface area contributed by atoms with Crippen LogP contribution in [0.15, 0.2) is 30.9 Å². The van der Waals surface area contributed by atoms with Crippen molar-refractivity contribution in [3.05, 3.63) is 48.1 Å². The number of benzene rings is 1. The predicted molar refractivity (Wildman–Crippen MR) is 57.9 cm³/mol. The first-order chi connectivity index (χ1) is 7.63. The number of carbonyl (C=O) groups is 1. The second-order valence-corrected chi connectivity index (χ2v) is 3.35. The summed E-state index contributed by atoms with van der Waals surface area (Å²) in [6.45, 7) is 4.03. The van der Waals surface area contributed by atoms with Gasteiger partial charge >= 0.3 is 0 Å². The van der Waals surface area contributed by atoms with E-state index in [9.17, 15) is 13.6 Å². The van der Waals surface area contributed by atoms with Crippen LogP contribution in [0, 0.1) is 11.6 Å². The van der Waals surface area contributed by atoms with Crippen molar-refractivity contribution in [3.8, 4) is 0 Å². The Bertz CT molecular complexity index is 391. The average molecular weight is 225 g/mol. The summed E-state index contributed by atoms with van der Waals surface area (Å²) in [4.78, 5) is 11.3. The fraction of sp³-hybridized carbons (Fsp3) is 0.250. The van der Waals surface area contributed by atoms with Crippen molar-refractivity contribution in [2.75, 3.05) is 6.54 Å². The summed E-state index contributed by atoms with van der Waals surface area (Å²) in [5, 5.41) is 2.64. The standard InChI is InChI=1S/C12H13F2NO/c1-2-3-6-15-12(16)8-9-4-5-10(13)11(14)7-9/h2,4-5,7H,1,3,6,8H2,(H,15,16). The molecular weight excluding hydrogens is 212 g/mol. The molecule has 86 valence electrons. The van der Waals surface area contributed by atoms with Gasteiger partial charge in [0, 0.05) is 6.54 Å². The molecule has 0 bridgehead atoms. The van der Waals surface area contributed by atoms with Gasteiger partial charge in [-0.15, -0.1) is 6.58 Å². The highest BCUT2D eigenvalue weighted by molar-refractivity contribution is 5.78. The Kier molecular flexibility index (Phi) is 4.64. The zero-order valence-electron chi connectivity index (χ0n) is 8.80. The van der Waals surface area contributed by atoms with Crippen molar-refractivity contribution in [2.45, 2.75) is 12.8 Å². The molecular formula is C12H13F2NO. The van der Waals surface area contributed by atoms with Gasteiger partial charge in [0.15, 0.2) is 11.6 Å². The molecule has 0 saturated heterocycles. The molecule has 1 amide bonds. The van der Waals surface area contributed by atoms with Crippen LogP contribution in [0.3, 0.4) is 0 Å². The van der Waals surface area contributed by atoms with Crippen molar-refractivity contribution in [2.24, 2.45) is 0 Å². The lowest BCUT2D eigenvalue weighted by Crippen LogP contribution is -2.25. The number of rotatable bonds is 5. The van der Waals surface area contributed by atoms with Crippen LogP contribution in [0.25, 0.3) is 0 Å². The summed E-state index contributed by atoms with van der Waals surface area (Å²) < 4.78 is 25.4. The van der Waals surface area contributed by atoms with Crippen LogP contribution < -0.4 is 5.32 Å². The zero-order chi connectivity index (χ0) is 12.0. The van der Waals surface area contributed by atoms with Crippen LogP contribution in [0.2, 0.25) is 0 Å². The SMILES string of the molecule is C=CCCNC(=O)Cc1ccc(F)c(F)c1. The smallest absolute Gasteiger partial charge is 0.224 e. The fourth-order valence-corrected chi connectivity index (χ4v) is 1.21. The second kappa shape index (κ2) is 6.00. The Balaban J connectivity index is 2.49. The Hall–Kier alpha value is -1.71. The lowest BCUT2D eigenvalue weighted by atomic mass is 10.1. The van der Waals surface area contributed by atoms with E-state index in [2.05, 4.69) is 11.9 Å². The van der Waals surface area contributed by atoms with Gasteiger partial charge in [0.1, 0.15) is 0 Å². The van der Waals surface area contributed by atoms with Gasteiger partial charge in [-0.25, -0.2) is 8.78 Å². The zero-order valence-corrected chi connectivity index (χ0v) is 8.80. The number of nitrogens with one attached hydrogen (secondary N) is 1. The minimum atomic E-state index is -0.934. The van der Waals surface area contributed by atoms with Crippen molar-refractivity contribution in [3.63, 3.8) is 0 Å². The summed E-state index contributed by atoms with van der Waals surface area (Å²) in [7, 11) is 0. The summed E-state index contributed by atoms with van der Waals surface area (Å²) >= 11 is 0. The second-order valence-electron chi connectivity index (χ2n) is 3.35. The van der Waals surface area contributed by atoms with Gasteiger partial charge in [-0.2, -0.15) is 0 Å². The van der Waals surface area contributed by atoms with Gasteiger partial charge in [0.05, 0.1) is 6.42 Å². The lowest BCUT2D eigenvalue weighted by molar-refractivity contribution is -0.120. The van der Waals surface area contributed by atoms with E-state index in [4.69, 9.17) is 0 Å². The molecule has 1 rings (SSSR count). The van der Waals surface area contributed by atoms with Gasteiger partial charge < -0.3 is 5.32 Å². The lowest BCUT2D eigenvalue weighted by Gasteiger charge is -2.04. The molecule has 0 aliphatic heterocycles. The van der Waals surface area contributed by atoms with E-state index in [-0.39, 0.29) is 12.3 Å². The number of amides is 1. The van der Waals surface area contributed by atoms with Crippen molar-refractivity contribution < 1.29 is 13.6 Å². The van der Waals surface area contributed by atoms with E-state index < -0.39 is 11.6 Å². The molecule has 0 aliphatic carbocycles. The van der Waals surface area contributed by atoms with Crippen LogP contribution in [0.4, 0.5) is 8.78 Å². The summed E-state index contributed by atoms with van der Waals surface area (Å²) in [6.07, 6.45) is 2.43. The molecule has 4 heteroatoms. The first kappa shape index (κ1) is 12.4. The van der Waals surface area contributed by atoms with E-state index in [1.165, 1.54) is 6.07 Å². The third kappa shape index (κ3) is 3.81. The number of hydrogen-bond donors (Lipinski definition) is 1. The van der Waals surface area contributed by atoms with Crippen molar-refractivity contribution in [1.82, 2.24) is 5.32 Å². The molecule has 0 fully saturated rings. The molecule has 0 saturated carbocycles. The van der Waals surface area contributed by atoms with Gasteiger partial charge in [-0.1, -0.05) is 12.1 Å². The van der Waals surface area contributed by atoms with E-state index in [0.717, 1.165) is 12.1 Å². The molecule has 0 atom stereocenters. The van der Waals surface area contributed by atoms with Crippen LogP contribution in [0.5, 0.6) is 0 Å². The Morgan fingerprint density at radius 2 is 2.12 bits per heavy atom. The Morgan fingerprint density at radius 3 is 2.75 bits per heavy atom. The van der Waals surface area contributed by atoms with E-state index >= 15 is 0 Å². The monoisotopic (exact) mass is 225 g/mol. The molecule has 0 aromatic heterocycles. The van der Waals surface area contributed by atoms with Crippen molar-refractivity contribution >= 4 is 5.91 Å². The average Bonchev–Trinajstić information content (AvgIpc) is 2.24. The third-order valence-electron chi connectivity index (χ3n) is 2.02. The molecule has 1 N–H and O–H groups in total. The third-order valence-corrected chi connectivity index (χ3v) is 2.02. The molecule has 0 unspecified atom stereocenters. The van der Waals surface area contributed by atoms with Crippen LogP contribution >= 0.6 is 0 Å². The number of carbonyl (C=O) groups excluding carboxylic acids is 1. The van der Waals surface area contributed by atoms with Gasteiger partial charge in [0.25, 0.3) is 0 Å². The Labute approximate surface area is 93.0 Å². The number of halogens is 2. The first-order valence-electron chi connectivity index (χ1n) is 4.95. The molecule has 0 radical (unpaired) electrons. The molecule has 2 nitrogen and oxygen atoms in total. The quantitative estimate of drug-likeness (QED) is 0.604. The first-order valence-corrected chi connectivity index (χ1v) is 4.95. The molecule has 1 aromatic carbocycles. The molecule has 0 spiro atoms. The van der Waals surface area contributed by atoms with Gasteiger partial charge in [-0.3, -0.25) is 4.79 Å². The molecule has 0 aliphatic rings. The molecule has 0 heterocycles. The largest absolute Gasteiger partial charge is 0.356 e. The maximum atomic E-state index is 12.8. The predicted octanol–water partition coefficient (Wildman–Crippen LogP) is 2.20. The minimum absolute atomic E-state index is 0.0499. The normalized spacial score (nSPS) is 9.88. The van der Waals surface area contributed by atoms with Crippen LogP contribution in [-0.4, -0.2) is 12.5 Å². The highest BCUT2D eigenvalue weighted by Crippen LogP contribution is 2.08. The van der Waals surface area contributed by atoms with E-state index in [0.29, 0.717) is 18.5 Å². The van der Waals surface area contributed by atoms with Crippen LogP contribution in [-0.2, 0) is 11.2 Å². The fourth-order valence-electron chi connectivity index (χ4n) is 1.21. The molecule has 16 heavy (non-hydrogen) atoms. The van der Waals surface area contributed by atoms with Crippen LogP contribution in [0.1, 0.15) is 12.0 Å². The topological polar surface area (TPSA) is 29.1 Å². The summed E-state index contributed by atoms with van der Waals surface area (Å²) in [5.41, 5.74) is 0.454. The maximum Gasteiger partial charge on any atom is 0.224 e. The minimum Gasteiger partial charge on any atom is -0.356 e. The molecule has 1 aromatic rings. The highest BCUT2D eigenvalue weighted by atomic mass is 19.2.